The van der Waals surface area contributed by atoms with Gasteiger partial charge in [-0.2, -0.15) is 0 Å². The van der Waals surface area contributed by atoms with Crippen LogP contribution in [-0.2, 0) is 4.79 Å². The molecule has 0 spiro atoms. The summed E-state index contributed by atoms with van der Waals surface area (Å²) < 4.78 is 13.4. The van der Waals surface area contributed by atoms with Gasteiger partial charge >= 0.3 is 0 Å². The first kappa shape index (κ1) is 10.1. The molecule has 2 heteroatoms. The van der Waals surface area contributed by atoms with E-state index in [0.717, 1.165) is 5.56 Å². The normalized spacial score (nSPS) is 21.2. The van der Waals surface area contributed by atoms with E-state index in [4.69, 9.17) is 0 Å². The fraction of sp³-hybridized carbons (Fsp3) is 0.308. The number of halogens is 1. The summed E-state index contributed by atoms with van der Waals surface area (Å²) in [6, 6.07) is 9.66. The van der Waals surface area contributed by atoms with E-state index in [0.29, 0.717) is 18.4 Å². The molecule has 2 rings (SSSR count). The number of carbonyl (C=O) groups excluding carboxylic acids is 1. The Hall–Kier alpha value is -1.44. The maximum absolute atomic E-state index is 13.4. The zero-order chi connectivity index (χ0) is 10.8. The molecule has 0 radical (unpaired) electrons. The molecule has 78 valence electrons. The van der Waals surface area contributed by atoms with E-state index in [2.05, 4.69) is 0 Å². The van der Waals surface area contributed by atoms with Crippen LogP contribution in [0.2, 0.25) is 0 Å². The van der Waals surface area contributed by atoms with Crippen LogP contribution in [-0.4, -0.2) is 5.78 Å². The molecular formula is C13H13FO. The predicted molar refractivity (Wildman–Crippen MR) is 57.2 cm³/mol. The van der Waals surface area contributed by atoms with Gasteiger partial charge < -0.3 is 0 Å². The number of hydrogen-bond acceptors (Lipinski definition) is 1. The molecule has 1 aliphatic rings. The molecule has 0 saturated heterocycles. The molecule has 0 bridgehead atoms. The second kappa shape index (κ2) is 3.97. The topological polar surface area (TPSA) is 17.1 Å². The molecule has 0 aliphatic heterocycles. The van der Waals surface area contributed by atoms with Crippen LogP contribution < -0.4 is 0 Å². The lowest BCUT2D eigenvalue weighted by Gasteiger charge is -2.12. The Morgan fingerprint density at radius 1 is 1.33 bits per heavy atom. The van der Waals surface area contributed by atoms with E-state index < -0.39 is 5.83 Å². The van der Waals surface area contributed by atoms with Crippen molar-refractivity contribution in [2.24, 2.45) is 0 Å². The first-order valence-corrected chi connectivity index (χ1v) is 5.20. The third-order valence-electron chi connectivity index (χ3n) is 2.92. The SMILES string of the molecule is CCC1=C(F)C(=O)CC1c1ccccc1. The Kier molecular flexibility index (Phi) is 2.67. The molecular weight excluding hydrogens is 191 g/mol. The first-order valence-electron chi connectivity index (χ1n) is 5.20. The van der Waals surface area contributed by atoms with Gasteiger partial charge in [0.1, 0.15) is 0 Å². The Labute approximate surface area is 88.6 Å². The highest BCUT2D eigenvalue weighted by Crippen LogP contribution is 2.39. The van der Waals surface area contributed by atoms with Gasteiger partial charge in [0.15, 0.2) is 11.6 Å². The van der Waals surface area contributed by atoms with Gasteiger partial charge in [0.05, 0.1) is 0 Å². The summed E-state index contributed by atoms with van der Waals surface area (Å²) in [5.74, 6) is -0.893. The van der Waals surface area contributed by atoms with Crippen molar-refractivity contribution in [3.8, 4) is 0 Å². The largest absolute Gasteiger partial charge is 0.292 e. The van der Waals surface area contributed by atoms with Crippen LogP contribution in [0.4, 0.5) is 4.39 Å². The lowest BCUT2D eigenvalue weighted by molar-refractivity contribution is -0.116. The number of benzene rings is 1. The van der Waals surface area contributed by atoms with Crippen LogP contribution in [0.1, 0.15) is 31.2 Å². The second-order valence-electron chi connectivity index (χ2n) is 3.78. The molecule has 0 fully saturated rings. The average molecular weight is 204 g/mol. The van der Waals surface area contributed by atoms with Crippen LogP contribution in [0.3, 0.4) is 0 Å². The molecule has 1 unspecified atom stereocenters. The maximum Gasteiger partial charge on any atom is 0.192 e. The summed E-state index contributed by atoms with van der Waals surface area (Å²) in [7, 11) is 0. The fourth-order valence-electron chi connectivity index (χ4n) is 2.14. The van der Waals surface area contributed by atoms with E-state index >= 15 is 0 Å². The third kappa shape index (κ3) is 1.72. The summed E-state index contributed by atoms with van der Waals surface area (Å²) in [6.07, 6.45) is 0.899. The van der Waals surface area contributed by atoms with Crippen LogP contribution in [0.25, 0.3) is 0 Å². The lowest BCUT2D eigenvalue weighted by atomic mass is 9.91. The van der Waals surface area contributed by atoms with Gasteiger partial charge in [0.25, 0.3) is 0 Å². The van der Waals surface area contributed by atoms with Crippen molar-refractivity contribution in [2.45, 2.75) is 25.7 Å². The number of hydrogen-bond donors (Lipinski definition) is 0. The van der Waals surface area contributed by atoms with E-state index in [-0.39, 0.29) is 11.7 Å². The van der Waals surface area contributed by atoms with Crippen molar-refractivity contribution in [1.82, 2.24) is 0 Å². The summed E-state index contributed by atoms with van der Waals surface area (Å²) in [5.41, 5.74) is 1.70. The zero-order valence-electron chi connectivity index (χ0n) is 8.66. The number of ketones is 1. The lowest BCUT2D eigenvalue weighted by Crippen LogP contribution is -1.98. The van der Waals surface area contributed by atoms with Crippen molar-refractivity contribution < 1.29 is 9.18 Å². The molecule has 1 aromatic rings. The van der Waals surface area contributed by atoms with E-state index in [1.807, 2.05) is 37.3 Å². The molecule has 0 amide bonds. The number of carbonyl (C=O) groups is 1. The van der Waals surface area contributed by atoms with Gasteiger partial charge in [-0.05, 0) is 17.6 Å². The molecule has 15 heavy (non-hydrogen) atoms. The molecule has 1 nitrogen and oxygen atoms in total. The molecule has 0 saturated carbocycles. The van der Waals surface area contributed by atoms with Crippen molar-refractivity contribution in [3.63, 3.8) is 0 Å². The minimum atomic E-state index is -0.508. The Balaban J connectivity index is 2.37. The van der Waals surface area contributed by atoms with Crippen molar-refractivity contribution in [2.75, 3.05) is 0 Å². The second-order valence-corrected chi connectivity index (χ2v) is 3.78. The molecule has 1 aliphatic carbocycles. The van der Waals surface area contributed by atoms with Gasteiger partial charge in [-0.1, -0.05) is 37.3 Å². The smallest absolute Gasteiger partial charge is 0.192 e. The van der Waals surface area contributed by atoms with Crippen LogP contribution in [0, 0.1) is 0 Å². The van der Waals surface area contributed by atoms with Crippen molar-refractivity contribution in [1.29, 1.82) is 0 Å². The number of allylic oxidation sites excluding steroid dienone is 2. The van der Waals surface area contributed by atoms with Crippen LogP contribution in [0.15, 0.2) is 41.7 Å². The minimum absolute atomic E-state index is 0.0382. The van der Waals surface area contributed by atoms with Crippen LogP contribution >= 0.6 is 0 Å². The minimum Gasteiger partial charge on any atom is -0.292 e. The maximum atomic E-state index is 13.4. The van der Waals surface area contributed by atoms with Gasteiger partial charge in [-0.25, -0.2) is 4.39 Å². The highest BCUT2D eigenvalue weighted by molar-refractivity contribution is 5.98. The summed E-state index contributed by atoms with van der Waals surface area (Å²) in [5, 5.41) is 0. The van der Waals surface area contributed by atoms with Crippen molar-refractivity contribution >= 4 is 5.78 Å². The summed E-state index contributed by atoms with van der Waals surface area (Å²) >= 11 is 0. The number of Topliss-reactive ketones (excluding diaryl/α,β-unsaturated/α-hetero) is 1. The molecule has 0 N–H and O–H groups in total. The van der Waals surface area contributed by atoms with Gasteiger partial charge in [-0.15, -0.1) is 0 Å². The Bertz CT molecular complexity index is 406. The molecule has 1 atom stereocenters. The summed E-state index contributed by atoms with van der Waals surface area (Å²) in [4.78, 5) is 11.3. The monoisotopic (exact) mass is 204 g/mol. The molecule has 0 aromatic heterocycles. The Morgan fingerprint density at radius 2 is 2.00 bits per heavy atom. The van der Waals surface area contributed by atoms with E-state index in [1.165, 1.54) is 0 Å². The predicted octanol–water partition coefficient (Wildman–Crippen LogP) is 3.38. The highest BCUT2D eigenvalue weighted by Gasteiger charge is 2.32. The zero-order valence-corrected chi connectivity index (χ0v) is 8.66. The van der Waals surface area contributed by atoms with E-state index in [1.54, 1.807) is 0 Å². The first-order chi connectivity index (χ1) is 7.24. The fourth-order valence-corrected chi connectivity index (χ4v) is 2.14. The van der Waals surface area contributed by atoms with Crippen LogP contribution in [0.5, 0.6) is 0 Å². The average Bonchev–Trinajstić information content (AvgIpc) is 2.56. The molecule has 1 aromatic carbocycles. The van der Waals surface area contributed by atoms with Gasteiger partial charge in [0.2, 0.25) is 0 Å². The van der Waals surface area contributed by atoms with Gasteiger partial charge in [-0.3, -0.25) is 4.79 Å². The van der Waals surface area contributed by atoms with Gasteiger partial charge in [0, 0.05) is 12.3 Å². The third-order valence-corrected chi connectivity index (χ3v) is 2.92. The quantitative estimate of drug-likeness (QED) is 0.721. The molecule has 0 heterocycles. The highest BCUT2D eigenvalue weighted by atomic mass is 19.1. The van der Waals surface area contributed by atoms with E-state index in [9.17, 15) is 9.18 Å². The number of rotatable bonds is 2. The standard InChI is InChI=1S/C13H13FO/c1-2-10-11(8-12(15)13(10)14)9-6-4-3-5-7-9/h3-7,11H,2,8H2,1H3. The van der Waals surface area contributed by atoms with Crippen molar-refractivity contribution in [3.05, 3.63) is 47.3 Å². The summed E-state index contributed by atoms with van der Waals surface area (Å²) in [6.45, 7) is 1.89. The Morgan fingerprint density at radius 3 is 2.60 bits per heavy atom.